The second-order valence-corrected chi connectivity index (χ2v) is 6.06. The normalized spacial score (nSPS) is 11.2. The van der Waals surface area contributed by atoms with Crippen LogP contribution in [-0.2, 0) is 13.0 Å². The minimum atomic E-state index is 1.05. The van der Waals surface area contributed by atoms with Crippen molar-refractivity contribution < 1.29 is 0 Å². The van der Waals surface area contributed by atoms with Crippen LogP contribution in [-0.4, -0.2) is 31.6 Å². The Morgan fingerprint density at radius 3 is 2.44 bits per heavy atom. The topological polar surface area (TPSA) is 15.3 Å². The Bertz CT molecular complexity index is 409. The van der Waals surface area contributed by atoms with Crippen LogP contribution in [0.5, 0.6) is 0 Å². The Morgan fingerprint density at radius 2 is 1.78 bits per heavy atom. The van der Waals surface area contributed by atoms with E-state index in [1.807, 2.05) is 0 Å². The Hall–Kier alpha value is -0.680. The Balaban J connectivity index is 1.52. The van der Waals surface area contributed by atoms with Gasteiger partial charge in [-0.1, -0.05) is 0 Å². The smallest absolute Gasteiger partial charge is 0.0239 e. The van der Waals surface area contributed by atoms with Gasteiger partial charge in [0.1, 0.15) is 0 Å². The summed E-state index contributed by atoms with van der Waals surface area (Å²) in [5.74, 6) is 0. The fourth-order valence-corrected chi connectivity index (χ4v) is 3.20. The molecule has 2 aromatic rings. The molecule has 1 N–H and O–H groups in total. The number of nitrogens with zero attached hydrogens (tertiary/aromatic N) is 1. The molecule has 4 heteroatoms. The van der Waals surface area contributed by atoms with Crippen LogP contribution in [0.25, 0.3) is 0 Å². The molecular weight excluding hydrogens is 260 g/mol. The molecule has 0 aliphatic carbocycles. The van der Waals surface area contributed by atoms with E-state index in [9.17, 15) is 0 Å². The molecule has 0 unspecified atom stereocenters. The summed E-state index contributed by atoms with van der Waals surface area (Å²) in [6.07, 6.45) is 1.14. The minimum Gasteiger partial charge on any atom is -0.315 e. The second kappa shape index (κ2) is 7.69. The zero-order valence-corrected chi connectivity index (χ0v) is 12.4. The minimum absolute atomic E-state index is 1.05. The summed E-state index contributed by atoms with van der Waals surface area (Å²) in [5.41, 5.74) is 2.86. The van der Waals surface area contributed by atoms with E-state index in [1.54, 1.807) is 22.7 Å². The number of hydrogen-bond acceptors (Lipinski definition) is 4. The summed E-state index contributed by atoms with van der Waals surface area (Å²) >= 11 is 3.55. The van der Waals surface area contributed by atoms with Gasteiger partial charge >= 0.3 is 0 Å². The first kappa shape index (κ1) is 13.7. The lowest BCUT2D eigenvalue weighted by Crippen LogP contribution is -2.29. The molecule has 0 radical (unpaired) electrons. The van der Waals surface area contributed by atoms with Gasteiger partial charge in [-0.25, -0.2) is 0 Å². The Labute approximate surface area is 117 Å². The van der Waals surface area contributed by atoms with Gasteiger partial charge in [0.2, 0.25) is 0 Å². The van der Waals surface area contributed by atoms with E-state index in [0.717, 1.165) is 32.6 Å². The largest absolute Gasteiger partial charge is 0.315 e. The van der Waals surface area contributed by atoms with Gasteiger partial charge in [0.15, 0.2) is 0 Å². The van der Waals surface area contributed by atoms with E-state index in [4.69, 9.17) is 0 Å². The maximum atomic E-state index is 3.50. The monoisotopic (exact) mass is 280 g/mol. The van der Waals surface area contributed by atoms with Crippen molar-refractivity contribution in [1.29, 1.82) is 0 Å². The van der Waals surface area contributed by atoms with Crippen LogP contribution >= 0.6 is 22.7 Å². The lowest BCUT2D eigenvalue weighted by molar-refractivity contribution is 0.325. The lowest BCUT2D eigenvalue weighted by atomic mass is 10.2. The zero-order chi connectivity index (χ0) is 12.6. The van der Waals surface area contributed by atoms with Gasteiger partial charge in [0.25, 0.3) is 0 Å². The molecule has 0 bridgehead atoms. The Kier molecular flexibility index (Phi) is 5.87. The lowest BCUT2D eigenvalue weighted by Gasteiger charge is -2.16. The summed E-state index contributed by atoms with van der Waals surface area (Å²) in [5, 5.41) is 12.2. The van der Waals surface area contributed by atoms with Crippen LogP contribution in [0.4, 0.5) is 0 Å². The van der Waals surface area contributed by atoms with Crippen molar-refractivity contribution in [3.05, 3.63) is 44.8 Å². The summed E-state index contributed by atoms with van der Waals surface area (Å²) in [4.78, 5) is 2.36. The van der Waals surface area contributed by atoms with Gasteiger partial charge in [0, 0.05) is 19.6 Å². The molecule has 0 spiro atoms. The van der Waals surface area contributed by atoms with Gasteiger partial charge in [-0.2, -0.15) is 22.7 Å². The molecule has 2 rings (SSSR count). The van der Waals surface area contributed by atoms with E-state index >= 15 is 0 Å². The molecule has 0 aromatic carbocycles. The van der Waals surface area contributed by atoms with Gasteiger partial charge in [-0.05, 0) is 64.8 Å². The number of hydrogen-bond donors (Lipinski definition) is 1. The summed E-state index contributed by atoms with van der Waals surface area (Å²) in [7, 11) is 2.18. The Morgan fingerprint density at radius 1 is 1.06 bits per heavy atom. The fourth-order valence-electron chi connectivity index (χ4n) is 1.84. The van der Waals surface area contributed by atoms with E-state index in [0.29, 0.717) is 0 Å². The molecule has 18 heavy (non-hydrogen) atoms. The predicted molar refractivity (Wildman–Crippen MR) is 81.5 cm³/mol. The molecule has 0 aliphatic heterocycles. The molecule has 2 nitrogen and oxygen atoms in total. The van der Waals surface area contributed by atoms with Crippen LogP contribution in [0.1, 0.15) is 11.1 Å². The van der Waals surface area contributed by atoms with E-state index < -0.39 is 0 Å². The first-order valence-corrected chi connectivity index (χ1v) is 8.14. The van der Waals surface area contributed by atoms with Gasteiger partial charge in [-0.3, -0.25) is 0 Å². The van der Waals surface area contributed by atoms with E-state index in [1.165, 1.54) is 11.1 Å². The van der Waals surface area contributed by atoms with Crippen molar-refractivity contribution in [1.82, 2.24) is 10.2 Å². The molecule has 0 amide bonds. The molecule has 98 valence electrons. The third-order valence-corrected chi connectivity index (χ3v) is 4.34. The highest BCUT2D eigenvalue weighted by atomic mass is 32.1. The van der Waals surface area contributed by atoms with Crippen LogP contribution in [0, 0.1) is 0 Å². The average Bonchev–Trinajstić information content (AvgIpc) is 3.01. The standard InChI is InChI=1S/C14H20N2S2/c1-16(10-14-4-9-18-12-14)7-6-15-5-2-13-3-8-17-11-13/h3-4,8-9,11-12,15H,2,5-7,10H2,1H3. The SMILES string of the molecule is CN(CCNCCc1ccsc1)Cc1ccsc1. The van der Waals surface area contributed by atoms with E-state index in [-0.39, 0.29) is 0 Å². The highest BCUT2D eigenvalue weighted by molar-refractivity contribution is 7.08. The van der Waals surface area contributed by atoms with Crippen LogP contribution in [0.3, 0.4) is 0 Å². The highest BCUT2D eigenvalue weighted by Gasteiger charge is 2.00. The summed E-state index contributed by atoms with van der Waals surface area (Å²) in [6, 6.07) is 4.40. The maximum absolute atomic E-state index is 3.50. The number of likely N-dealkylation sites (N-methyl/N-ethyl adjacent to an activating group) is 1. The number of nitrogens with one attached hydrogen (secondary N) is 1. The van der Waals surface area contributed by atoms with Crippen molar-refractivity contribution in [3.63, 3.8) is 0 Å². The fraction of sp³-hybridized carbons (Fsp3) is 0.429. The highest BCUT2D eigenvalue weighted by Crippen LogP contribution is 2.08. The second-order valence-electron chi connectivity index (χ2n) is 4.50. The van der Waals surface area contributed by atoms with Gasteiger partial charge < -0.3 is 10.2 Å². The van der Waals surface area contributed by atoms with Crippen molar-refractivity contribution in [2.75, 3.05) is 26.7 Å². The van der Waals surface area contributed by atoms with Crippen molar-refractivity contribution in [3.8, 4) is 0 Å². The third-order valence-electron chi connectivity index (χ3n) is 2.87. The van der Waals surface area contributed by atoms with Gasteiger partial charge in [0.05, 0.1) is 0 Å². The molecule has 0 atom stereocenters. The number of rotatable bonds is 8. The van der Waals surface area contributed by atoms with Crippen molar-refractivity contribution in [2.24, 2.45) is 0 Å². The zero-order valence-electron chi connectivity index (χ0n) is 10.8. The quantitative estimate of drug-likeness (QED) is 0.748. The first-order valence-electron chi connectivity index (χ1n) is 6.26. The van der Waals surface area contributed by atoms with Crippen molar-refractivity contribution in [2.45, 2.75) is 13.0 Å². The average molecular weight is 280 g/mol. The molecular formula is C14H20N2S2. The molecule has 0 aliphatic rings. The van der Waals surface area contributed by atoms with E-state index in [2.05, 4.69) is 50.9 Å². The van der Waals surface area contributed by atoms with Crippen LogP contribution in [0.15, 0.2) is 33.7 Å². The molecule has 0 saturated heterocycles. The van der Waals surface area contributed by atoms with Crippen molar-refractivity contribution >= 4 is 22.7 Å². The molecule has 2 aromatic heterocycles. The van der Waals surface area contributed by atoms with Crippen LogP contribution in [0.2, 0.25) is 0 Å². The molecule has 2 heterocycles. The molecule has 0 fully saturated rings. The van der Waals surface area contributed by atoms with Crippen LogP contribution < -0.4 is 5.32 Å². The summed E-state index contributed by atoms with van der Waals surface area (Å²) in [6.45, 7) is 4.28. The number of thiophene rings is 2. The maximum Gasteiger partial charge on any atom is 0.0239 e. The van der Waals surface area contributed by atoms with Gasteiger partial charge in [-0.15, -0.1) is 0 Å². The predicted octanol–water partition coefficient (Wildman–Crippen LogP) is 3.07. The summed E-state index contributed by atoms with van der Waals surface area (Å²) < 4.78 is 0. The third kappa shape index (κ3) is 4.90. The molecule has 0 saturated carbocycles. The first-order chi connectivity index (χ1) is 8.84.